The molecule has 2 rings (SSSR count). The van der Waals surface area contributed by atoms with Gasteiger partial charge in [-0.05, 0) is 36.8 Å². The van der Waals surface area contributed by atoms with Crippen LogP contribution in [0.2, 0.25) is 0 Å². The maximum absolute atomic E-state index is 12.4. The molecule has 0 aliphatic heterocycles. The highest BCUT2D eigenvalue weighted by Crippen LogP contribution is 2.13. The molecular formula is C17H17NO3. The van der Waals surface area contributed by atoms with Crippen molar-refractivity contribution in [3.63, 3.8) is 0 Å². The number of carbonyl (C=O) groups is 1. The molecular weight excluding hydrogens is 266 g/mol. The average molecular weight is 283 g/mol. The molecule has 4 nitrogen and oxygen atoms in total. The molecule has 1 aromatic heterocycles. The molecule has 4 heteroatoms. The molecule has 0 radical (unpaired) electrons. The zero-order valence-corrected chi connectivity index (χ0v) is 12.1. The summed E-state index contributed by atoms with van der Waals surface area (Å²) >= 11 is 0. The topological polar surface area (TPSA) is 53.7 Å². The predicted molar refractivity (Wildman–Crippen MR) is 79.6 cm³/mol. The summed E-state index contributed by atoms with van der Waals surface area (Å²) in [4.78, 5) is 14.1. The number of benzene rings is 1. The lowest BCUT2D eigenvalue weighted by atomic mass is 10.1. The van der Waals surface area contributed by atoms with Crippen LogP contribution in [0.3, 0.4) is 0 Å². The summed E-state index contributed by atoms with van der Waals surface area (Å²) < 4.78 is 5.00. The molecule has 0 fully saturated rings. The van der Waals surface area contributed by atoms with Crippen molar-refractivity contribution in [3.8, 4) is 11.8 Å². The number of nitrogens with zero attached hydrogens (tertiary/aromatic N) is 1. The molecule has 0 aliphatic carbocycles. The molecule has 1 amide bonds. The normalized spacial score (nSPS) is 9.86. The number of hydrogen-bond donors (Lipinski definition) is 1. The summed E-state index contributed by atoms with van der Waals surface area (Å²) in [6, 6.07) is 7.29. The Labute approximate surface area is 124 Å². The molecule has 0 atom stereocenters. The van der Waals surface area contributed by atoms with Gasteiger partial charge in [-0.1, -0.05) is 11.8 Å². The molecule has 0 bridgehead atoms. The highest BCUT2D eigenvalue weighted by molar-refractivity contribution is 5.94. The maximum atomic E-state index is 12.4. The monoisotopic (exact) mass is 283 g/mol. The minimum absolute atomic E-state index is 0.0769. The minimum atomic E-state index is -0.197. The van der Waals surface area contributed by atoms with E-state index in [0.717, 1.165) is 16.7 Å². The lowest BCUT2D eigenvalue weighted by Gasteiger charge is -2.16. The van der Waals surface area contributed by atoms with Crippen molar-refractivity contribution in [1.29, 1.82) is 0 Å². The Balaban J connectivity index is 2.20. The lowest BCUT2D eigenvalue weighted by molar-refractivity contribution is 0.0785. The van der Waals surface area contributed by atoms with Gasteiger partial charge in [0.25, 0.3) is 5.91 Å². The quantitative estimate of drug-likeness (QED) is 0.879. The molecule has 0 unspecified atom stereocenters. The van der Waals surface area contributed by atoms with Crippen LogP contribution in [0.5, 0.6) is 0 Å². The van der Waals surface area contributed by atoms with E-state index in [-0.39, 0.29) is 12.5 Å². The van der Waals surface area contributed by atoms with E-state index in [1.807, 2.05) is 25.1 Å². The van der Waals surface area contributed by atoms with Crippen LogP contribution in [-0.2, 0) is 6.54 Å². The van der Waals surface area contributed by atoms with Crippen molar-refractivity contribution in [3.05, 3.63) is 59.0 Å². The van der Waals surface area contributed by atoms with Crippen LogP contribution in [0, 0.1) is 18.8 Å². The van der Waals surface area contributed by atoms with Crippen LogP contribution in [0.1, 0.15) is 27.0 Å². The first kappa shape index (κ1) is 14.9. The van der Waals surface area contributed by atoms with Crippen molar-refractivity contribution >= 4 is 5.91 Å². The van der Waals surface area contributed by atoms with E-state index in [1.54, 1.807) is 30.5 Å². The molecule has 2 aromatic rings. The molecule has 1 heterocycles. The first-order valence-corrected chi connectivity index (χ1v) is 6.58. The zero-order valence-electron chi connectivity index (χ0n) is 12.1. The fourth-order valence-corrected chi connectivity index (χ4v) is 2.07. The smallest absolute Gasteiger partial charge is 0.253 e. The molecule has 0 spiro atoms. The van der Waals surface area contributed by atoms with Crippen LogP contribution < -0.4 is 0 Å². The van der Waals surface area contributed by atoms with Gasteiger partial charge in [-0.2, -0.15) is 0 Å². The van der Waals surface area contributed by atoms with Crippen LogP contribution in [-0.4, -0.2) is 29.6 Å². The van der Waals surface area contributed by atoms with Gasteiger partial charge in [0, 0.05) is 30.3 Å². The summed E-state index contributed by atoms with van der Waals surface area (Å²) in [6.45, 7) is 2.20. The molecule has 0 aliphatic rings. The number of aryl methyl sites for hydroxylation is 1. The Morgan fingerprint density at radius 3 is 2.86 bits per heavy atom. The molecule has 1 aromatic carbocycles. The molecule has 21 heavy (non-hydrogen) atoms. The summed E-state index contributed by atoms with van der Waals surface area (Å²) in [5, 5.41) is 8.75. The third kappa shape index (κ3) is 3.98. The summed E-state index contributed by atoms with van der Waals surface area (Å²) in [7, 11) is 1.75. The van der Waals surface area contributed by atoms with Gasteiger partial charge in [0.1, 0.15) is 6.61 Å². The second-order valence-corrected chi connectivity index (χ2v) is 4.84. The predicted octanol–water partition coefficient (Wildman–Crippen LogP) is 2.20. The summed E-state index contributed by atoms with van der Waals surface area (Å²) in [5.41, 5.74) is 3.21. The lowest BCUT2D eigenvalue weighted by Crippen LogP contribution is -2.26. The highest BCUT2D eigenvalue weighted by atomic mass is 16.3. The molecule has 108 valence electrons. The third-order valence-electron chi connectivity index (χ3n) is 2.98. The first-order chi connectivity index (χ1) is 10.1. The van der Waals surface area contributed by atoms with Crippen molar-refractivity contribution < 1.29 is 14.3 Å². The fraction of sp³-hybridized carbons (Fsp3) is 0.235. The summed E-state index contributed by atoms with van der Waals surface area (Å²) in [5.74, 6) is 5.34. The Morgan fingerprint density at radius 2 is 2.19 bits per heavy atom. The number of hydrogen-bond acceptors (Lipinski definition) is 3. The van der Waals surface area contributed by atoms with Crippen LogP contribution in [0.15, 0.2) is 41.2 Å². The van der Waals surface area contributed by atoms with Crippen LogP contribution >= 0.6 is 0 Å². The van der Waals surface area contributed by atoms with Crippen molar-refractivity contribution in [2.75, 3.05) is 13.7 Å². The fourth-order valence-electron chi connectivity index (χ4n) is 2.07. The largest absolute Gasteiger partial charge is 0.472 e. The number of furan rings is 1. The third-order valence-corrected chi connectivity index (χ3v) is 2.98. The second-order valence-electron chi connectivity index (χ2n) is 4.84. The van der Waals surface area contributed by atoms with E-state index < -0.39 is 0 Å². The standard InChI is InChI=1S/C17H17NO3/c1-13-8-14(4-3-6-19)10-16(9-13)17(20)18(2)11-15-5-7-21-12-15/h5,7-10,12,19H,6,11H2,1-2H3. The van der Waals surface area contributed by atoms with Gasteiger partial charge in [0.2, 0.25) is 0 Å². The molecule has 0 saturated heterocycles. The van der Waals surface area contributed by atoms with Crippen LogP contribution in [0.25, 0.3) is 0 Å². The Hall–Kier alpha value is -2.51. The first-order valence-electron chi connectivity index (χ1n) is 6.58. The number of carbonyl (C=O) groups excluding carboxylic acids is 1. The van der Waals surface area contributed by atoms with Crippen LogP contribution in [0.4, 0.5) is 0 Å². The maximum Gasteiger partial charge on any atom is 0.253 e. The average Bonchev–Trinajstić information content (AvgIpc) is 2.96. The number of rotatable bonds is 3. The van der Waals surface area contributed by atoms with Crippen molar-refractivity contribution in [1.82, 2.24) is 4.90 Å². The summed E-state index contributed by atoms with van der Waals surface area (Å²) in [6.07, 6.45) is 3.21. The van der Waals surface area contributed by atoms with E-state index in [4.69, 9.17) is 9.52 Å². The number of aliphatic hydroxyl groups is 1. The van der Waals surface area contributed by atoms with Crippen molar-refractivity contribution in [2.24, 2.45) is 0 Å². The Bertz CT molecular complexity index is 678. The van der Waals surface area contributed by atoms with Gasteiger partial charge >= 0.3 is 0 Å². The zero-order chi connectivity index (χ0) is 15.2. The minimum Gasteiger partial charge on any atom is -0.472 e. The molecule has 1 N–H and O–H groups in total. The number of aliphatic hydroxyl groups excluding tert-OH is 1. The van der Waals surface area contributed by atoms with Crippen molar-refractivity contribution in [2.45, 2.75) is 13.5 Å². The number of amides is 1. The van der Waals surface area contributed by atoms with E-state index in [2.05, 4.69) is 11.8 Å². The van der Waals surface area contributed by atoms with Gasteiger partial charge in [-0.15, -0.1) is 0 Å². The Morgan fingerprint density at radius 1 is 1.38 bits per heavy atom. The van der Waals surface area contributed by atoms with E-state index in [9.17, 15) is 4.79 Å². The van der Waals surface area contributed by atoms with E-state index in [1.165, 1.54) is 0 Å². The van der Waals surface area contributed by atoms with Gasteiger partial charge in [0.05, 0.1) is 12.5 Å². The van der Waals surface area contributed by atoms with Gasteiger partial charge < -0.3 is 14.4 Å². The molecule has 0 saturated carbocycles. The van der Waals surface area contributed by atoms with Gasteiger partial charge in [-0.25, -0.2) is 0 Å². The van der Waals surface area contributed by atoms with Gasteiger partial charge in [-0.3, -0.25) is 4.79 Å². The second kappa shape index (κ2) is 6.78. The highest BCUT2D eigenvalue weighted by Gasteiger charge is 2.13. The van der Waals surface area contributed by atoms with E-state index in [0.29, 0.717) is 12.1 Å². The van der Waals surface area contributed by atoms with Gasteiger partial charge in [0.15, 0.2) is 0 Å². The Kier molecular flexibility index (Phi) is 4.81. The van der Waals surface area contributed by atoms with E-state index >= 15 is 0 Å². The SMILES string of the molecule is Cc1cc(C#CCO)cc(C(=O)N(C)Cc2ccoc2)c1.